The van der Waals surface area contributed by atoms with Gasteiger partial charge in [0.2, 0.25) is 0 Å². The number of hydrogen-bond acceptors (Lipinski definition) is 4. The lowest BCUT2D eigenvalue weighted by molar-refractivity contribution is 0.414. The zero-order valence-electron chi connectivity index (χ0n) is 8.56. The third kappa shape index (κ3) is 2.08. The van der Waals surface area contributed by atoms with Crippen molar-refractivity contribution in [3.05, 3.63) is 24.4 Å². The van der Waals surface area contributed by atoms with Crippen molar-refractivity contribution in [3.63, 3.8) is 0 Å². The smallest absolute Gasteiger partial charge is 0.128 e. The SMILES string of the molecule is N#CC1(N)CCN(c2ccccn2)CC1. The average Bonchev–Trinajstić information content (AvgIpc) is 2.31. The van der Waals surface area contributed by atoms with Crippen LogP contribution >= 0.6 is 0 Å². The van der Waals surface area contributed by atoms with Crippen molar-refractivity contribution >= 4 is 5.82 Å². The van der Waals surface area contributed by atoms with Gasteiger partial charge in [0.1, 0.15) is 11.4 Å². The largest absolute Gasteiger partial charge is 0.356 e. The minimum atomic E-state index is -0.634. The molecule has 15 heavy (non-hydrogen) atoms. The van der Waals surface area contributed by atoms with Crippen LogP contribution in [-0.2, 0) is 0 Å². The number of nitriles is 1. The van der Waals surface area contributed by atoms with Crippen LogP contribution in [0, 0.1) is 11.3 Å². The molecule has 1 aliphatic heterocycles. The molecule has 1 aromatic rings. The number of anilines is 1. The van der Waals surface area contributed by atoms with E-state index in [2.05, 4.69) is 16.0 Å². The minimum Gasteiger partial charge on any atom is -0.356 e. The highest BCUT2D eigenvalue weighted by Gasteiger charge is 2.30. The van der Waals surface area contributed by atoms with Crippen molar-refractivity contribution in [3.8, 4) is 6.07 Å². The van der Waals surface area contributed by atoms with Gasteiger partial charge in [0.05, 0.1) is 6.07 Å². The second-order valence-electron chi connectivity index (χ2n) is 3.94. The zero-order valence-corrected chi connectivity index (χ0v) is 8.56. The van der Waals surface area contributed by atoms with E-state index in [1.165, 1.54) is 0 Å². The Bertz CT molecular complexity index is 360. The standard InChI is InChI=1S/C11H14N4/c12-9-11(13)4-7-15(8-5-11)10-3-1-2-6-14-10/h1-3,6H,4-5,7-8,13H2. The quantitative estimate of drug-likeness (QED) is 0.734. The maximum absolute atomic E-state index is 8.90. The molecule has 0 aliphatic carbocycles. The van der Waals surface area contributed by atoms with Gasteiger partial charge in [-0.2, -0.15) is 5.26 Å². The van der Waals surface area contributed by atoms with E-state index in [-0.39, 0.29) is 0 Å². The van der Waals surface area contributed by atoms with Crippen LogP contribution in [0.4, 0.5) is 5.82 Å². The fourth-order valence-corrected chi connectivity index (χ4v) is 1.79. The van der Waals surface area contributed by atoms with Gasteiger partial charge in [-0.3, -0.25) is 0 Å². The van der Waals surface area contributed by atoms with Gasteiger partial charge in [-0.15, -0.1) is 0 Å². The van der Waals surface area contributed by atoms with Gasteiger partial charge < -0.3 is 10.6 Å². The summed E-state index contributed by atoms with van der Waals surface area (Å²) in [5.74, 6) is 0.970. The van der Waals surface area contributed by atoms with Gasteiger partial charge in [0, 0.05) is 19.3 Å². The van der Waals surface area contributed by atoms with Crippen LogP contribution in [0.3, 0.4) is 0 Å². The molecular formula is C11H14N4. The molecule has 0 aromatic carbocycles. The minimum absolute atomic E-state index is 0.634. The highest BCUT2D eigenvalue weighted by Crippen LogP contribution is 2.22. The predicted octanol–water partition coefficient (Wildman–Crippen LogP) is 0.903. The first kappa shape index (κ1) is 9.94. The number of aromatic nitrogens is 1. The molecule has 2 rings (SSSR count). The third-order valence-corrected chi connectivity index (χ3v) is 2.85. The third-order valence-electron chi connectivity index (χ3n) is 2.85. The highest BCUT2D eigenvalue weighted by atomic mass is 15.2. The van der Waals surface area contributed by atoms with Crippen LogP contribution in [0.15, 0.2) is 24.4 Å². The highest BCUT2D eigenvalue weighted by molar-refractivity contribution is 5.39. The van der Waals surface area contributed by atoms with Crippen molar-refractivity contribution in [2.75, 3.05) is 18.0 Å². The van der Waals surface area contributed by atoms with E-state index in [9.17, 15) is 0 Å². The Morgan fingerprint density at radius 3 is 2.67 bits per heavy atom. The molecule has 0 unspecified atom stereocenters. The maximum Gasteiger partial charge on any atom is 0.128 e. The van der Waals surface area contributed by atoms with E-state index in [0.717, 1.165) is 18.9 Å². The number of pyridine rings is 1. The van der Waals surface area contributed by atoms with Crippen molar-refractivity contribution in [2.24, 2.45) is 5.73 Å². The van der Waals surface area contributed by atoms with Crippen LogP contribution in [0.25, 0.3) is 0 Å². The normalized spacial score (nSPS) is 19.6. The number of hydrogen-bond donors (Lipinski definition) is 1. The van der Waals surface area contributed by atoms with Crippen LogP contribution in [-0.4, -0.2) is 23.6 Å². The lowest BCUT2D eigenvalue weighted by Gasteiger charge is -2.35. The fraction of sp³-hybridized carbons (Fsp3) is 0.455. The topological polar surface area (TPSA) is 65.9 Å². The number of nitrogens with two attached hydrogens (primary N) is 1. The fourth-order valence-electron chi connectivity index (χ4n) is 1.79. The molecule has 78 valence electrons. The number of nitrogens with zero attached hydrogens (tertiary/aromatic N) is 3. The maximum atomic E-state index is 8.90. The van der Waals surface area contributed by atoms with Crippen LogP contribution < -0.4 is 10.6 Å². The summed E-state index contributed by atoms with van der Waals surface area (Å²) in [6.45, 7) is 1.61. The summed E-state index contributed by atoms with van der Waals surface area (Å²) in [5, 5.41) is 8.90. The molecule has 0 bridgehead atoms. The van der Waals surface area contributed by atoms with Gasteiger partial charge in [0.25, 0.3) is 0 Å². The van der Waals surface area contributed by atoms with Crippen LogP contribution in [0.1, 0.15) is 12.8 Å². The molecule has 4 heteroatoms. The van der Waals surface area contributed by atoms with Gasteiger partial charge in [-0.25, -0.2) is 4.98 Å². The Hall–Kier alpha value is -1.60. The van der Waals surface area contributed by atoms with E-state index >= 15 is 0 Å². The molecule has 0 saturated carbocycles. The van der Waals surface area contributed by atoms with Crippen molar-refractivity contribution < 1.29 is 0 Å². The van der Waals surface area contributed by atoms with Gasteiger partial charge in [-0.05, 0) is 25.0 Å². The predicted molar refractivity (Wildman–Crippen MR) is 58.2 cm³/mol. The molecule has 0 atom stereocenters. The second-order valence-corrected chi connectivity index (χ2v) is 3.94. The Morgan fingerprint density at radius 1 is 1.40 bits per heavy atom. The molecule has 0 amide bonds. The summed E-state index contributed by atoms with van der Waals surface area (Å²) in [4.78, 5) is 6.45. The van der Waals surface area contributed by atoms with E-state index in [1.807, 2.05) is 18.2 Å². The first-order valence-electron chi connectivity index (χ1n) is 5.10. The van der Waals surface area contributed by atoms with E-state index < -0.39 is 5.54 Å². The molecule has 1 saturated heterocycles. The second kappa shape index (κ2) is 3.87. The summed E-state index contributed by atoms with van der Waals surface area (Å²) in [6, 6.07) is 8.03. The molecule has 1 fully saturated rings. The summed E-state index contributed by atoms with van der Waals surface area (Å²) >= 11 is 0. The average molecular weight is 202 g/mol. The Kier molecular flexibility index (Phi) is 2.57. The monoisotopic (exact) mass is 202 g/mol. The first-order valence-corrected chi connectivity index (χ1v) is 5.10. The number of piperidine rings is 1. The zero-order chi connectivity index (χ0) is 10.7. The van der Waals surface area contributed by atoms with E-state index in [0.29, 0.717) is 12.8 Å². The van der Waals surface area contributed by atoms with Crippen molar-refractivity contribution in [1.82, 2.24) is 4.98 Å². The molecule has 2 N–H and O–H groups in total. The summed E-state index contributed by atoms with van der Waals surface area (Å²) in [6.07, 6.45) is 3.20. The van der Waals surface area contributed by atoms with Crippen LogP contribution in [0.2, 0.25) is 0 Å². The van der Waals surface area contributed by atoms with Crippen LogP contribution in [0.5, 0.6) is 0 Å². The molecule has 4 nitrogen and oxygen atoms in total. The molecule has 2 heterocycles. The van der Waals surface area contributed by atoms with E-state index in [1.54, 1.807) is 6.20 Å². The Morgan fingerprint density at radius 2 is 2.13 bits per heavy atom. The van der Waals surface area contributed by atoms with Crippen molar-refractivity contribution in [2.45, 2.75) is 18.4 Å². The molecule has 0 radical (unpaired) electrons. The molecule has 1 aromatic heterocycles. The molecular weight excluding hydrogens is 188 g/mol. The lowest BCUT2D eigenvalue weighted by atomic mass is 9.90. The number of rotatable bonds is 1. The lowest BCUT2D eigenvalue weighted by Crippen LogP contribution is -2.49. The summed E-state index contributed by atoms with van der Waals surface area (Å²) in [7, 11) is 0. The van der Waals surface area contributed by atoms with Crippen molar-refractivity contribution in [1.29, 1.82) is 5.26 Å². The Labute approximate surface area is 89.3 Å². The summed E-state index contributed by atoms with van der Waals surface area (Å²) in [5.41, 5.74) is 5.26. The van der Waals surface area contributed by atoms with Gasteiger partial charge in [0.15, 0.2) is 0 Å². The van der Waals surface area contributed by atoms with Gasteiger partial charge in [-0.1, -0.05) is 6.07 Å². The molecule has 0 spiro atoms. The summed E-state index contributed by atoms with van der Waals surface area (Å²) < 4.78 is 0. The van der Waals surface area contributed by atoms with Gasteiger partial charge >= 0.3 is 0 Å². The molecule has 1 aliphatic rings. The first-order chi connectivity index (χ1) is 7.23. The Balaban J connectivity index is 2.04. The van der Waals surface area contributed by atoms with E-state index in [4.69, 9.17) is 11.0 Å².